The van der Waals surface area contributed by atoms with E-state index in [-0.39, 0.29) is 0 Å². The Morgan fingerprint density at radius 2 is 1.22 bits per heavy atom. The number of hydrogen-bond donors (Lipinski definition) is 0. The molecule has 146 valence electrons. The molecule has 0 saturated heterocycles. The van der Waals surface area contributed by atoms with Crippen LogP contribution in [0.1, 0.15) is 46.5 Å². The quantitative estimate of drug-likeness (QED) is 0.331. The maximum atomic E-state index is 2.53. The Bertz CT molecular complexity index is 670. The van der Waals surface area contributed by atoms with Crippen LogP contribution in [0.4, 0.5) is 11.4 Å². The third kappa shape index (κ3) is 4.70. The maximum absolute atomic E-state index is 2.53. The standard InChI is InChI=1S/C24H35N2S/c1-4-26(5-2,6-3)20-14-8-7-13-19-25-21-15-9-11-17-23(21)27-24-18-12-10-16-22(24)25/h9-12,15-18H,4-8,13-14,19-20H2,1-3H3/q+1. The number of benzene rings is 2. The molecule has 0 bridgehead atoms. The largest absolute Gasteiger partial charge is 0.340 e. The second-order valence-electron chi connectivity index (χ2n) is 7.62. The summed E-state index contributed by atoms with van der Waals surface area (Å²) in [5, 5.41) is 0. The van der Waals surface area contributed by atoms with Crippen molar-refractivity contribution in [1.82, 2.24) is 0 Å². The summed E-state index contributed by atoms with van der Waals surface area (Å²) < 4.78 is 1.28. The summed E-state index contributed by atoms with van der Waals surface area (Å²) in [6, 6.07) is 17.7. The fourth-order valence-corrected chi connectivity index (χ4v) is 5.33. The number of quaternary nitrogens is 1. The third-order valence-corrected chi connectivity index (χ3v) is 7.44. The lowest BCUT2D eigenvalue weighted by Crippen LogP contribution is -2.48. The van der Waals surface area contributed by atoms with Gasteiger partial charge in [-0.2, -0.15) is 0 Å². The molecule has 3 rings (SSSR count). The highest BCUT2D eigenvalue weighted by Gasteiger charge is 2.22. The number of anilines is 2. The Labute approximate surface area is 170 Å². The fraction of sp³-hybridized carbons (Fsp3) is 0.500. The van der Waals surface area contributed by atoms with Crippen LogP contribution in [0.15, 0.2) is 58.3 Å². The van der Waals surface area contributed by atoms with Gasteiger partial charge in [0.15, 0.2) is 0 Å². The zero-order valence-electron chi connectivity index (χ0n) is 17.3. The second-order valence-corrected chi connectivity index (χ2v) is 8.70. The lowest BCUT2D eigenvalue weighted by atomic mass is 10.1. The molecule has 0 fully saturated rings. The molecule has 0 unspecified atom stereocenters. The summed E-state index contributed by atoms with van der Waals surface area (Å²) >= 11 is 1.90. The second kappa shape index (κ2) is 9.66. The monoisotopic (exact) mass is 383 g/mol. The molecule has 0 radical (unpaired) electrons. The molecule has 0 spiro atoms. The number of fused-ring (bicyclic) bond motifs is 2. The first kappa shape index (κ1) is 20.3. The smallest absolute Gasteiger partial charge is 0.0786 e. The van der Waals surface area contributed by atoms with Gasteiger partial charge in [-0.15, -0.1) is 0 Å². The summed E-state index contributed by atoms with van der Waals surface area (Å²) in [5.74, 6) is 0. The Morgan fingerprint density at radius 3 is 1.78 bits per heavy atom. The topological polar surface area (TPSA) is 3.24 Å². The van der Waals surface area contributed by atoms with Crippen LogP contribution in [-0.4, -0.2) is 37.2 Å². The van der Waals surface area contributed by atoms with E-state index in [0.717, 1.165) is 6.54 Å². The van der Waals surface area contributed by atoms with Crippen LogP contribution in [0.3, 0.4) is 0 Å². The van der Waals surface area contributed by atoms with Gasteiger partial charge in [0.1, 0.15) is 0 Å². The molecule has 0 N–H and O–H groups in total. The molecular weight excluding hydrogens is 348 g/mol. The minimum absolute atomic E-state index is 1.12. The van der Waals surface area contributed by atoms with Crippen LogP contribution >= 0.6 is 11.8 Å². The van der Waals surface area contributed by atoms with Crippen molar-refractivity contribution in [1.29, 1.82) is 0 Å². The zero-order valence-corrected chi connectivity index (χ0v) is 18.1. The molecule has 2 aromatic rings. The molecule has 3 heteroatoms. The van der Waals surface area contributed by atoms with E-state index >= 15 is 0 Å². The highest BCUT2D eigenvalue weighted by atomic mass is 32.2. The highest BCUT2D eigenvalue weighted by molar-refractivity contribution is 7.99. The SMILES string of the molecule is CC[N+](CC)(CC)CCCCCCN1c2ccccc2Sc2ccccc21. The summed E-state index contributed by atoms with van der Waals surface area (Å²) in [5.41, 5.74) is 2.75. The van der Waals surface area contributed by atoms with Gasteiger partial charge in [-0.3, -0.25) is 0 Å². The average Bonchev–Trinajstić information content (AvgIpc) is 2.73. The third-order valence-electron chi connectivity index (χ3n) is 6.31. The maximum Gasteiger partial charge on any atom is 0.0786 e. The number of para-hydroxylation sites is 2. The molecule has 27 heavy (non-hydrogen) atoms. The fourth-order valence-electron chi connectivity index (χ4n) is 4.24. The van der Waals surface area contributed by atoms with Crippen molar-refractivity contribution in [3.05, 3.63) is 48.5 Å². The van der Waals surface area contributed by atoms with Crippen molar-refractivity contribution < 1.29 is 4.48 Å². The molecule has 0 aromatic heterocycles. The lowest BCUT2D eigenvalue weighted by Gasteiger charge is -2.36. The first-order valence-electron chi connectivity index (χ1n) is 10.7. The molecule has 2 nitrogen and oxygen atoms in total. The molecule has 0 atom stereocenters. The van der Waals surface area contributed by atoms with Crippen LogP contribution in [0.25, 0.3) is 0 Å². The molecule has 0 saturated carbocycles. The van der Waals surface area contributed by atoms with Gasteiger partial charge in [0, 0.05) is 16.3 Å². The highest BCUT2D eigenvalue weighted by Crippen LogP contribution is 2.47. The lowest BCUT2D eigenvalue weighted by molar-refractivity contribution is -0.923. The molecule has 1 aliphatic rings. The van der Waals surface area contributed by atoms with Crippen LogP contribution in [0, 0.1) is 0 Å². The normalized spacial score (nSPS) is 13.4. The predicted octanol–water partition coefficient (Wildman–Crippen LogP) is 6.73. The van der Waals surface area contributed by atoms with Crippen molar-refractivity contribution in [2.24, 2.45) is 0 Å². The van der Waals surface area contributed by atoms with Crippen LogP contribution in [0.2, 0.25) is 0 Å². The first-order chi connectivity index (χ1) is 13.2. The van der Waals surface area contributed by atoms with Gasteiger partial charge in [0.05, 0.1) is 37.6 Å². The van der Waals surface area contributed by atoms with Crippen molar-refractivity contribution in [2.45, 2.75) is 56.2 Å². The van der Waals surface area contributed by atoms with Gasteiger partial charge in [0.25, 0.3) is 0 Å². The number of rotatable bonds is 10. The van der Waals surface area contributed by atoms with E-state index in [0.29, 0.717) is 0 Å². The Morgan fingerprint density at radius 1 is 0.704 bits per heavy atom. The van der Waals surface area contributed by atoms with E-state index < -0.39 is 0 Å². The number of nitrogens with zero attached hydrogens (tertiary/aromatic N) is 2. The van der Waals surface area contributed by atoms with Gasteiger partial charge in [-0.1, -0.05) is 42.4 Å². The van der Waals surface area contributed by atoms with Crippen molar-refractivity contribution in [2.75, 3.05) is 37.6 Å². The average molecular weight is 384 g/mol. The Balaban J connectivity index is 1.54. The van der Waals surface area contributed by atoms with Gasteiger partial charge < -0.3 is 9.38 Å². The molecule has 2 aromatic carbocycles. The van der Waals surface area contributed by atoms with E-state index in [1.54, 1.807) is 0 Å². The van der Waals surface area contributed by atoms with Crippen LogP contribution < -0.4 is 4.90 Å². The van der Waals surface area contributed by atoms with E-state index in [1.807, 2.05) is 11.8 Å². The summed E-state index contributed by atoms with van der Waals surface area (Å²) in [7, 11) is 0. The van der Waals surface area contributed by atoms with Crippen molar-refractivity contribution >= 4 is 23.1 Å². The summed E-state index contributed by atoms with van der Waals surface area (Å²) in [6.07, 6.45) is 5.30. The minimum Gasteiger partial charge on any atom is -0.340 e. The van der Waals surface area contributed by atoms with Crippen molar-refractivity contribution in [3.63, 3.8) is 0 Å². The van der Waals surface area contributed by atoms with Crippen LogP contribution in [0.5, 0.6) is 0 Å². The summed E-state index contributed by atoms with van der Waals surface area (Å²) in [4.78, 5) is 5.30. The Kier molecular flexibility index (Phi) is 7.26. The summed E-state index contributed by atoms with van der Waals surface area (Å²) in [6.45, 7) is 13.3. The van der Waals surface area contributed by atoms with Gasteiger partial charge >= 0.3 is 0 Å². The van der Waals surface area contributed by atoms with Gasteiger partial charge in [-0.05, 0) is 64.3 Å². The molecule has 0 amide bonds. The molecule has 1 aliphatic heterocycles. The Hall–Kier alpha value is -1.45. The molecular formula is C24H35N2S+. The zero-order chi connectivity index (χ0) is 19.1. The van der Waals surface area contributed by atoms with Gasteiger partial charge in [-0.25, -0.2) is 0 Å². The minimum atomic E-state index is 1.12. The van der Waals surface area contributed by atoms with Crippen LogP contribution in [-0.2, 0) is 0 Å². The molecule has 1 heterocycles. The van der Waals surface area contributed by atoms with E-state index in [4.69, 9.17) is 0 Å². The number of unbranched alkanes of at least 4 members (excludes halogenated alkanes) is 3. The number of hydrogen-bond acceptors (Lipinski definition) is 2. The molecule has 0 aliphatic carbocycles. The van der Waals surface area contributed by atoms with E-state index in [1.165, 1.54) is 77.5 Å². The van der Waals surface area contributed by atoms with E-state index in [9.17, 15) is 0 Å². The van der Waals surface area contributed by atoms with Gasteiger partial charge in [0.2, 0.25) is 0 Å². The first-order valence-corrected chi connectivity index (χ1v) is 11.5. The van der Waals surface area contributed by atoms with E-state index in [2.05, 4.69) is 74.2 Å². The predicted molar refractivity (Wildman–Crippen MR) is 119 cm³/mol. The van der Waals surface area contributed by atoms with Crippen molar-refractivity contribution in [3.8, 4) is 0 Å².